The van der Waals surface area contributed by atoms with E-state index in [1.54, 1.807) is 6.26 Å². The van der Waals surface area contributed by atoms with Crippen LogP contribution in [0.5, 0.6) is 11.5 Å². The van der Waals surface area contributed by atoms with E-state index >= 15 is 0 Å². The van der Waals surface area contributed by atoms with Crippen molar-refractivity contribution in [1.82, 2.24) is 5.32 Å². The zero-order valence-electron chi connectivity index (χ0n) is 17.1. The molecule has 5 rings (SSSR count). The topological polar surface area (TPSA) is 85.4 Å². The van der Waals surface area contributed by atoms with Crippen LogP contribution in [0.1, 0.15) is 49.5 Å². The van der Waals surface area contributed by atoms with Crippen molar-refractivity contribution >= 4 is 5.91 Å². The van der Waals surface area contributed by atoms with Crippen LogP contribution in [0.2, 0.25) is 0 Å². The van der Waals surface area contributed by atoms with Crippen molar-refractivity contribution in [2.24, 2.45) is 5.92 Å². The van der Waals surface area contributed by atoms with Gasteiger partial charge in [0.25, 0.3) is 5.91 Å². The lowest BCUT2D eigenvalue weighted by atomic mass is 9.66. The first-order chi connectivity index (χ1) is 14.6. The highest BCUT2D eigenvalue weighted by molar-refractivity contribution is 5.76. The van der Waals surface area contributed by atoms with Crippen molar-refractivity contribution in [1.29, 1.82) is 0 Å². The number of piperidine rings is 1. The molecule has 3 heterocycles. The average Bonchev–Trinajstić information content (AvgIpc) is 3.43. The quantitative estimate of drug-likeness (QED) is 0.693. The first-order valence-electron chi connectivity index (χ1n) is 10.9. The number of fused-ring (bicyclic) bond motifs is 2. The maximum atomic E-state index is 12.7. The van der Waals surface area contributed by atoms with Crippen LogP contribution in [0.4, 0.5) is 0 Å². The van der Waals surface area contributed by atoms with Crippen LogP contribution in [-0.4, -0.2) is 36.5 Å². The smallest absolute Gasteiger partial charge is 0.275 e. The van der Waals surface area contributed by atoms with Crippen LogP contribution >= 0.6 is 0 Å². The number of aliphatic hydroxyl groups is 1. The second-order valence-corrected chi connectivity index (χ2v) is 8.74. The molecule has 0 radical (unpaired) electrons. The monoisotopic (exact) mass is 413 g/mol. The van der Waals surface area contributed by atoms with E-state index in [0.29, 0.717) is 13.1 Å². The molecule has 4 atom stereocenters. The number of hydrogen-bond acceptors (Lipinski definition) is 5. The number of benzene rings is 1. The lowest BCUT2D eigenvalue weighted by molar-refractivity contribution is -0.937. The van der Waals surface area contributed by atoms with Crippen LogP contribution in [0, 0.1) is 5.92 Å². The van der Waals surface area contributed by atoms with E-state index in [1.807, 2.05) is 24.3 Å². The van der Waals surface area contributed by atoms with Gasteiger partial charge in [0.15, 0.2) is 18.0 Å². The Balaban J connectivity index is 1.38. The summed E-state index contributed by atoms with van der Waals surface area (Å²) in [5.74, 6) is 2.37. The summed E-state index contributed by atoms with van der Waals surface area (Å²) in [5, 5.41) is 14.4. The molecule has 160 valence electrons. The van der Waals surface area contributed by atoms with Crippen LogP contribution in [0.15, 0.2) is 41.0 Å². The summed E-state index contributed by atoms with van der Waals surface area (Å²) in [6.45, 7) is 1.76. The predicted octanol–water partition coefficient (Wildman–Crippen LogP) is 1.58. The molecule has 1 aromatic carbocycles. The lowest BCUT2D eigenvalue weighted by Crippen LogP contribution is -3.16. The highest BCUT2D eigenvalue weighted by Crippen LogP contribution is 2.45. The molecule has 1 saturated carbocycles. The Kier molecular flexibility index (Phi) is 5.16. The van der Waals surface area contributed by atoms with E-state index in [4.69, 9.17) is 13.9 Å². The molecule has 1 unspecified atom stereocenters. The van der Waals surface area contributed by atoms with E-state index < -0.39 is 5.60 Å². The highest BCUT2D eigenvalue weighted by atomic mass is 16.7. The second-order valence-electron chi connectivity index (χ2n) is 8.74. The molecule has 0 bridgehead atoms. The summed E-state index contributed by atoms with van der Waals surface area (Å²) in [5.41, 5.74) is 0.464. The standard InChI is InChI=1S/C23H28N2O5/c26-21(24-13-17-4-3-11-28-17)14-25-10-9-23(27)8-2-1-5-18(23)22(25)16-6-7-19-20(12-16)30-15-29-19/h3-4,6-7,11-12,18,22,27H,1-2,5,8-10,13-15H2,(H,24,26)/p+1/t18-,22-,23-/m1/s1. The van der Waals surface area contributed by atoms with Gasteiger partial charge in [0.2, 0.25) is 6.79 Å². The van der Waals surface area contributed by atoms with Gasteiger partial charge in [-0.15, -0.1) is 0 Å². The van der Waals surface area contributed by atoms with E-state index in [0.717, 1.165) is 61.5 Å². The third-order valence-corrected chi connectivity index (χ3v) is 6.97. The van der Waals surface area contributed by atoms with Crippen molar-refractivity contribution in [3.8, 4) is 11.5 Å². The number of amides is 1. The summed E-state index contributed by atoms with van der Waals surface area (Å²) in [7, 11) is 0. The molecule has 2 fully saturated rings. The van der Waals surface area contributed by atoms with E-state index in [9.17, 15) is 9.90 Å². The molecule has 3 N–H and O–H groups in total. The minimum absolute atomic E-state index is 0.00612. The predicted molar refractivity (Wildman–Crippen MR) is 108 cm³/mol. The molecule has 2 aliphatic heterocycles. The summed E-state index contributed by atoms with van der Waals surface area (Å²) in [6.07, 6.45) is 6.35. The van der Waals surface area contributed by atoms with Crippen molar-refractivity contribution in [2.45, 2.75) is 50.3 Å². The van der Waals surface area contributed by atoms with Gasteiger partial charge < -0.3 is 29.2 Å². The SMILES string of the molecule is O=C(C[NH+]1CC[C@]2(O)CCCC[C@@H]2[C@H]1c1ccc2c(c1)OCO2)NCc1ccco1. The van der Waals surface area contributed by atoms with Gasteiger partial charge in [-0.25, -0.2) is 0 Å². The molecule has 1 aliphatic carbocycles. The van der Waals surface area contributed by atoms with E-state index in [1.165, 1.54) is 4.90 Å². The van der Waals surface area contributed by atoms with Crippen molar-refractivity contribution in [2.75, 3.05) is 19.9 Å². The molecular formula is C23H29N2O5+. The maximum Gasteiger partial charge on any atom is 0.275 e. The number of furan rings is 1. The van der Waals surface area contributed by atoms with Crippen molar-refractivity contribution in [3.05, 3.63) is 47.9 Å². The lowest BCUT2D eigenvalue weighted by Gasteiger charge is -2.50. The fraction of sp³-hybridized carbons (Fsp3) is 0.522. The minimum atomic E-state index is -0.645. The number of carbonyl (C=O) groups excluding carboxylic acids is 1. The molecular weight excluding hydrogens is 384 g/mol. The first kappa shape index (κ1) is 19.5. The molecule has 7 heteroatoms. The van der Waals surface area contributed by atoms with Crippen LogP contribution in [0.3, 0.4) is 0 Å². The summed E-state index contributed by atoms with van der Waals surface area (Å²) >= 11 is 0. The van der Waals surface area contributed by atoms with Crippen LogP contribution < -0.4 is 19.7 Å². The van der Waals surface area contributed by atoms with Crippen LogP contribution in [-0.2, 0) is 11.3 Å². The number of rotatable bonds is 5. The Morgan fingerprint density at radius 2 is 2.10 bits per heavy atom. The molecule has 30 heavy (non-hydrogen) atoms. The van der Waals surface area contributed by atoms with Gasteiger partial charge in [-0.2, -0.15) is 0 Å². The van der Waals surface area contributed by atoms with Gasteiger partial charge in [0.1, 0.15) is 11.8 Å². The van der Waals surface area contributed by atoms with Gasteiger partial charge >= 0.3 is 0 Å². The Morgan fingerprint density at radius 3 is 2.97 bits per heavy atom. The minimum Gasteiger partial charge on any atom is -0.467 e. The van der Waals surface area contributed by atoms with Gasteiger partial charge in [-0.05, 0) is 43.2 Å². The van der Waals surface area contributed by atoms with Gasteiger partial charge in [-0.1, -0.05) is 12.8 Å². The van der Waals surface area contributed by atoms with Crippen LogP contribution in [0.25, 0.3) is 0 Å². The Bertz CT molecular complexity index is 899. The number of carbonyl (C=O) groups is 1. The number of quaternary nitrogens is 1. The Labute approximate surface area is 176 Å². The molecule has 1 saturated heterocycles. The third-order valence-electron chi connectivity index (χ3n) is 6.97. The molecule has 2 aromatic rings. The van der Waals surface area contributed by atoms with E-state index in [-0.39, 0.29) is 24.7 Å². The third kappa shape index (κ3) is 3.68. The molecule has 7 nitrogen and oxygen atoms in total. The number of hydrogen-bond donors (Lipinski definition) is 3. The highest BCUT2D eigenvalue weighted by Gasteiger charge is 2.52. The summed E-state index contributed by atoms with van der Waals surface area (Å²) in [6, 6.07) is 9.77. The number of ether oxygens (including phenoxy) is 2. The van der Waals surface area contributed by atoms with Gasteiger partial charge in [0, 0.05) is 17.9 Å². The first-order valence-corrected chi connectivity index (χ1v) is 10.9. The largest absolute Gasteiger partial charge is 0.467 e. The fourth-order valence-corrected chi connectivity index (χ4v) is 5.49. The van der Waals surface area contributed by atoms with Crippen molar-refractivity contribution in [3.63, 3.8) is 0 Å². The number of likely N-dealkylation sites (tertiary alicyclic amines) is 1. The molecule has 3 aliphatic rings. The fourth-order valence-electron chi connectivity index (χ4n) is 5.49. The van der Waals surface area contributed by atoms with E-state index in [2.05, 4.69) is 11.4 Å². The van der Waals surface area contributed by atoms with Gasteiger partial charge in [-0.3, -0.25) is 4.79 Å². The normalized spacial score (nSPS) is 30.0. The maximum absolute atomic E-state index is 12.7. The second kappa shape index (κ2) is 7.96. The Morgan fingerprint density at radius 1 is 1.20 bits per heavy atom. The molecule has 0 spiro atoms. The van der Waals surface area contributed by atoms with Gasteiger partial charge in [0.05, 0.1) is 25.0 Å². The van der Waals surface area contributed by atoms with Crippen molar-refractivity contribution < 1.29 is 28.7 Å². The summed E-state index contributed by atoms with van der Waals surface area (Å²) < 4.78 is 16.4. The zero-order valence-corrected chi connectivity index (χ0v) is 17.1. The Hall–Kier alpha value is -2.51. The molecule has 1 amide bonds. The zero-order chi connectivity index (χ0) is 20.6. The average molecular weight is 413 g/mol. The number of nitrogens with one attached hydrogen (secondary N) is 2. The molecule has 1 aromatic heterocycles. The summed E-state index contributed by atoms with van der Waals surface area (Å²) in [4.78, 5) is 13.9.